The zero-order chi connectivity index (χ0) is 52.6. The Balaban J connectivity index is 1.07. The molecule has 0 saturated carbocycles. The van der Waals surface area contributed by atoms with Crippen molar-refractivity contribution < 1.29 is 0 Å². The molecule has 9 heteroatoms. The van der Waals surface area contributed by atoms with Gasteiger partial charge in [0, 0.05) is 66.8 Å². The Labute approximate surface area is 460 Å². The first-order valence-corrected chi connectivity index (χ1v) is 27.3. The Morgan fingerprint density at radius 1 is 0.316 bits per heavy atom. The van der Waals surface area contributed by atoms with E-state index >= 15 is 0 Å². The Hall–Kier alpha value is -10.2. The average Bonchev–Trinajstić information content (AvgIpc) is 4.45. The molecule has 0 atom stereocenters. The van der Waals surface area contributed by atoms with Crippen LogP contribution in [0.4, 0.5) is 34.1 Å². The molecule has 0 bridgehead atoms. The molecule has 15 rings (SSSR count). The average molecular weight is 1030 g/mol. The second-order valence-electron chi connectivity index (χ2n) is 20.1. The Bertz CT molecular complexity index is 4480. The van der Waals surface area contributed by atoms with E-state index in [4.69, 9.17) is 18.7 Å². The molecule has 0 N–H and O–H groups in total. The number of hydrogen-bond donors (Lipinski definition) is 0. The van der Waals surface area contributed by atoms with Gasteiger partial charge in [-0.05, 0) is 111 Å². The largest absolute Gasteiger partial charge is 0.309 e. The summed E-state index contributed by atoms with van der Waals surface area (Å²) in [6, 6.07) is 90.6. The molecule has 0 amide bonds. The monoisotopic (exact) mass is 1030 g/mol. The van der Waals surface area contributed by atoms with Gasteiger partial charge >= 0.3 is 0 Å². The molecular formula is C70H48N8S. The van der Waals surface area contributed by atoms with Gasteiger partial charge in [-0.2, -0.15) is 8.75 Å². The lowest BCUT2D eigenvalue weighted by molar-refractivity contribution is 1.18. The van der Waals surface area contributed by atoms with E-state index in [1.54, 1.807) is 0 Å². The Morgan fingerprint density at radius 2 is 0.671 bits per heavy atom. The van der Waals surface area contributed by atoms with Crippen LogP contribution in [0.2, 0.25) is 0 Å². The lowest BCUT2D eigenvalue weighted by Gasteiger charge is -2.30. The number of benzene rings is 11. The zero-order valence-electron chi connectivity index (χ0n) is 43.2. The molecule has 79 heavy (non-hydrogen) atoms. The van der Waals surface area contributed by atoms with E-state index in [0.29, 0.717) is 22.1 Å². The number of para-hydroxylation sites is 6. The second-order valence-corrected chi connectivity index (χ2v) is 20.7. The third kappa shape index (κ3) is 7.65. The van der Waals surface area contributed by atoms with Crippen LogP contribution in [0.5, 0.6) is 0 Å². The first-order chi connectivity index (χ1) is 39.0. The maximum atomic E-state index is 5.99. The topological polar surface area (TPSA) is 67.9 Å². The first kappa shape index (κ1) is 46.1. The molecule has 4 heterocycles. The molecule has 15 aromatic rings. The van der Waals surface area contributed by atoms with E-state index in [-0.39, 0.29) is 0 Å². The molecule has 0 radical (unpaired) electrons. The summed E-state index contributed by atoms with van der Waals surface area (Å²) in [6.45, 7) is 4.24. The maximum Gasteiger partial charge on any atom is 0.133 e. The van der Waals surface area contributed by atoms with E-state index in [9.17, 15) is 0 Å². The minimum absolute atomic E-state index is 0.681. The van der Waals surface area contributed by atoms with Crippen LogP contribution in [0.1, 0.15) is 11.1 Å². The molecule has 0 aliphatic heterocycles. The molecular weight excluding hydrogens is 985 g/mol. The Kier molecular flexibility index (Phi) is 11.0. The molecule has 374 valence electrons. The number of nitrogens with zero attached hydrogens (tertiary/aromatic N) is 8. The normalized spacial score (nSPS) is 11.7. The third-order valence-corrected chi connectivity index (χ3v) is 15.8. The molecule has 0 aliphatic carbocycles. The van der Waals surface area contributed by atoms with Gasteiger partial charge in [-0.1, -0.05) is 169 Å². The van der Waals surface area contributed by atoms with E-state index in [1.807, 2.05) is 0 Å². The molecule has 11 aromatic carbocycles. The molecule has 0 aliphatic rings. The molecule has 0 spiro atoms. The van der Waals surface area contributed by atoms with Crippen LogP contribution in [-0.2, 0) is 0 Å². The van der Waals surface area contributed by atoms with Crippen LogP contribution in [0.25, 0.3) is 99.6 Å². The lowest BCUT2D eigenvalue weighted by atomic mass is 10.0. The fourth-order valence-electron chi connectivity index (χ4n) is 11.6. The van der Waals surface area contributed by atoms with Crippen molar-refractivity contribution in [2.75, 3.05) is 9.80 Å². The van der Waals surface area contributed by atoms with Crippen molar-refractivity contribution in [2.24, 2.45) is 0 Å². The van der Waals surface area contributed by atoms with Crippen molar-refractivity contribution >= 4 is 112 Å². The Morgan fingerprint density at radius 3 is 1.08 bits per heavy atom. The summed E-state index contributed by atoms with van der Waals surface area (Å²) < 4.78 is 15.4. The number of rotatable bonds is 10. The number of aryl methyl sites for hydroxylation is 2. The van der Waals surface area contributed by atoms with E-state index in [0.717, 1.165) is 123 Å². The quantitative estimate of drug-likeness (QED) is 0.127. The van der Waals surface area contributed by atoms with Crippen LogP contribution >= 0.6 is 11.7 Å². The van der Waals surface area contributed by atoms with Gasteiger partial charge in [0.15, 0.2) is 0 Å². The molecule has 4 aromatic heterocycles. The van der Waals surface area contributed by atoms with Crippen LogP contribution < -0.4 is 9.80 Å². The van der Waals surface area contributed by atoms with Gasteiger partial charge < -0.3 is 18.9 Å². The standard InChI is InChI=1S/C70H48N8S/c1-45-31-35-47(36-32-45)63-64(48-37-33-46(2)34-38-48)72-66-65(71-63)69(75(49-19-7-3-8-20-49)53-39-41-61-57(43-53)55-27-15-17-29-59(55)77(61)51-23-11-5-12-24-51)67-68(74-79-73-67)70(66)76(50-21-9-4-10-22-50)54-40-42-62-58(44-54)56-28-16-18-30-60(56)78(62)52-25-13-6-14-26-52/h3-44H,1-2H3. The minimum atomic E-state index is 0.681. The summed E-state index contributed by atoms with van der Waals surface area (Å²) in [5.74, 6) is 0. The van der Waals surface area contributed by atoms with Crippen LogP contribution in [0.3, 0.4) is 0 Å². The highest BCUT2D eigenvalue weighted by molar-refractivity contribution is 7.00. The van der Waals surface area contributed by atoms with Crippen molar-refractivity contribution in [1.29, 1.82) is 0 Å². The smallest absolute Gasteiger partial charge is 0.133 e. The van der Waals surface area contributed by atoms with Gasteiger partial charge in [-0.25, -0.2) is 9.97 Å². The molecule has 0 saturated heterocycles. The van der Waals surface area contributed by atoms with Crippen molar-refractivity contribution in [3.63, 3.8) is 0 Å². The summed E-state index contributed by atoms with van der Waals surface area (Å²) >= 11 is 1.21. The number of anilines is 6. The SMILES string of the molecule is Cc1ccc(-c2nc3c(N(c4ccccc4)c4ccc5c(c4)c4ccccc4n5-c4ccccc4)c4nsnc4c(N(c4ccccc4)c4ccc5c(c4)c4ccccc4n5-c4ccccc4)c3nc2-c2ccc(C)cc2)cc1. The third-order valence-electron chi connectivity index (χ3n) is 15.3. The summed E-state index contributed by atoms with van der Waals surface area (Å²) in [5, 5.41) is 4.56. The summed E-state index contributed by atoms with van der Waals surface area (Å²) in [4.78, 5) is 16.6. The second kappa shape index (κ2) is 18.8. The van der Waals surface area contributed by atoms with Gasteiger partial charge in [0.2, 0.25) is 0 Å². The molecule has 0 fully saturated rings. The maximum absolute atomic E-state index is 5.99. The molecule has 0 unspecified atom stereocenters. The van der Waals surface area contributed by atoms with Crippen molar-refractivity contribution in [2.45, 2.75) is 13.8 Å². The van der Waals surface area contributed by atoms with Crippen molar-refractivity contribution in [1.82, 2.24) is 27.8 Å². The summed E-state index contributed by atoms with van der Waals surface area (Å²) in [5.41, 5.74) is 20.6. The van der Waals surface area contributed by atoms with Gasteiger partial charge in [0.05, 0.1) is 45.2 Å². The zero-order valence-corrected chi connectivity index (χ0v) is 44.1. The van der Waals surface area contributed by atoms with Crippen molar-refractivity contribution in [3.05, 3.63) is 266 Å². The lowest BCUT2D eigenvalue weighted by Crippen LogP contribution is -2.16. The van der Waals surface area contributed by atoms with Crippen LogP contribution in [0, 0.1) is 13.8 Å². The fourth-order valence-corrected chi connectivity index (χ4v) is 12.2. The highest BCUT2D eigenvalue weighted by Gasteiger charge is 2.32. The minimum Gasteiger partial charge on any atom is -0.309 e. The van der Waals surface area contributed by atoms with Gasteiger partial charge in [-0.3, -0.25) is 0 Å². The highest BCUT2D eigenvalue weighted by atomic mass is 32.1. The highest BCUT2D eigenvalue weighted by Crippen LogP contribution is 2.52. The molecule has 8 nitrogen and oxygen atoms in total. The first-order valence-electron chi connectivity index (χ1n) is 26.6. The number of fused-ring (bicyclic) bond motifs is 8. The fraction of sp³-hybridized carbons (Fsp3) is 0.0286. The number of aromatic nitrogens is 6. The van der Waals surface area contributed by atoms with E-state index in [1.165, 1.54) is 11.7 Å². The van der Waals surface area contributed by atoms with E-state index < -0.39 is 0 Å². The van der Waals surface area contributed by atoms with E-state index in [2.05, 4.69) is 288 Å². The van der Waals surface area contributed by atoms with Crippen molar-refractivity contribution in [3.8, 4) is 33.9 Å². The van der Waals surface area contributed by atoms with Gasteiger partial charge in [0.25, 0.3) is 0 Å². The predicted molar refractivity (Wildman–Crippen MR) is 329 cm³/mol. The predicted octanol–water partition coefficient (Wildman–Crippen LogP) is 18.7. The number of hydrogen-bond acceptors (Lipinski definition) is 7. The summed E-state index contributed by atoms with van der Waals surface area (Å²) in [6.07, 6.45) is 0. The summed E-state index contributed by atoms with van der Waals surface area (Å²) in [7, 11) is 0. The van der Waals surface area contributed by atoms with Gasteiger partial charge in [-0.15, -0.1) is 0 Å². The van der Waals surface area contributed by atoms with Crippen LogP contribution in [-0.4, -0.2) is 27.8 Å². The van der Waals surface area contributed by atoms with Gasteiger partial charge in [0.1, 0.15) is 33.4 Å². The van der Waals surface area contributed by atoms with Crippen LogP contribution in [0.15, 0.2) is 255 Å².